The van der Waals surface area contributed by atoms with E-state index in [9.17, 15) is 28.4 Å². The summed E-state index contributed by atoms with van der Waals surface area (Å²) in [5.41, 5.74) is 1.20. The van der Waals surface area contributed by atoms with E-state index in [1.807, 2.05) is 0 Å². The molecule has 2 aromatic carbocycles. The van der Waals surface area contributed by atoms with E-state index in [0.717, 1.165) is 0 Å². The van der Waals surface area contributed by atoms with Gasteiger partial charge in [0.15, 0.2) is 18.1 Å². The fourth-order valence-corrected chi connectivity index (χ4v) is 8.61. The van der Waals surface area contributed by atoms with Crippen molar-refractivity contribution >= 4 is 33.1 Å². The number of ether oxygens (including phenoxy) is 4. The minimum atomic E-state index is -4.62. The smallest absolute Gasteiger partial charge is 0.345 e. The summed E-state index contributed by atoms with van der Waals surface area (Å²) in [5.74, 6) is -4.07. The molecule has 248 valence electrons. The second kappa shape index (κ2) is 16.6. The van der Waals surface area contributed by atoms with Crippen LogP contribution in [0.3, 0.4) is 0 Å². The molecule has 0 saturated carbocycles. The van der Waals surface area contributed by atoms with E-state index >= 15 is 0 Å². The Hall–Kier alpha value is -2.89. The Balaban J connectivity index is 1.94. The molecule has 1 aliphatic rings. The van der Waals surface area contributed by atoms with E-state index in [0.29, 0.717) is 11.1 Å². The first-order valence-corrected chi connectivity index (χ1v) is 17.8. The van der Waals surface area contributed by atoms with Crippen LogP contribution >= 0.6 is 15.2 Å². The molecule has 45 heavy (non-hydrogen) atoms. The predicted octanol–water partition coefficient (Wildman–Crippen LogP) is 5.20. The van der Waals surface area contributed by atoms with Gasteiger partial charge in [-0.2, -0.15) is 0 Å². The summed E-state index contributed by atoms with van der Waals surface area (Å²) in [6.45, 7) is 6.13. The fourth-order valence-electron chi connectivity index (χ4n) is 4.70. The maximum absolute atomic E-state index is 14.3. The molecule has 13 nitrogen and oxygen atoms in total. The highest BCUT2D eigenvalue weighted by Gasteiger charge is 2.51. The van der Waals surface area contributed by atoms with Gasteiger partial charge >= 0.3 is 33.1 Å². The number of carbonyl (C=O) groups is 3. The molecule has 5 unspecified atom stereocenters. The molecule has 2 aromatic rings. The summed E-state index contributed by atoms with van der Waals surface area (Å²) in [6.07, 6.45) is -4.89. The van der Waals surface area contributed by atoms with E-state index in [-0.39, 0.29) is 19.8 Å². The van der Waals surface area contributed by atoms with Crippen molar-refractivity contribution in [1.82, 2.24) is 0 Å². The molecular weight excluding hydrogens is 630 g/mol. The molecular formula is C30H40O13P2. The van der Waals surface area contributed by atoms with Gasteiger partial charge in [-0.1, -0.05) is 74.5 Å². The van der Waals surface area contributed by atoms with Crippen LogP contribution < -0.4 is 0 Å². The normalized spacial score (nSPS) is 24.8. The van der Waals surface area contributed by atoms with Crippen molar-refractivity contribution in [2.75, 3.05) is 12.5 Å². The van der Waals surface area contributed by atoms with E-state index in [1.165, 1.54) is 20.8 Å². The molecule has 3 rings (SSSR count). The minimum Gasteiger partial charge on any atom is -0.462 e. The molecule has 1 N–H and O–H groups in total. The van der Waals surface area contributed by atoms with Crippen LogP contribution in [0, 0.1) is 11.8 Å². The zero-order chi connectivity index (χ0) is 33.2. The van der Waals surface area contributed by atoms with Crippen LogP contribution in [0.1, 0.15) is 45.7 Å². The lowest BCUT2D eigenvalue weighted by molar-refractivity contribution is -0.269. The van der Waals surface area contributed by atoms with Gasteiger partial charge in [0, 0.05) is 26.7 Å². The van der Waals surface area contributed by atoms with Crippen molar-refractivity contribution in [2.24, 2.45) is 11.8 Å². The highest BCUT2D eigenvalue weighted by molar-refractivity contribution is 7.70. The second-order valence-corrected chi connectivity index (χ2v) is 15.1. The van der Waals surface area contributed by atoms with Gasteiger partial charge in [0.2, 0.25) is 6.29 Å². The lowest BCUT2D eigenvalue weighted by Gasteiger charge is -2.46. The number of hydrogen-bond donors (Lipinski definition) is 1. The van der Waals surface area contributed by atoms with Gasteiger partial charge in [0.05, 0.1) is 13.2 Å². The molecule has 8 atom stereocenters. The number of carbonyl (C=O) groups excluding carboxylic acids is 3. The van der Waals surface area contributed by atoms with Gasteiger partial charge in [-0.3, -0.25) is 28.0 Å². The molecule has 0 aromatic heterocycles. The first kappa shape index (κ1) is 36.6. The van der Waals surface area contributed by atoms with Crippen molar-refractivity contribution in [3.8, 4) is 0 Å². The van der Waals surface area contributed by atoms with Crippen LogP contribution in [-0.4, -0.2) is 59.9 Å². The number of rotatable bonds is 15. The van der Waals surface area contributed by atoms with Crippen LogP contribution in [0.4, 0.5) is 0 Å². The van der Waals surface area contributed by atoms with Crippen molar-refractivity contribution < 1.29 is 60.9 Å². The molecule has 0 radical (unpaired) electrons. The summed E-state index contributed by atoms with van der Waals surface area (Å²) in [7, 11) is -9.21. The SMILES string of the molecule is CC(=O)OC[C@@H](OC(C)=O)C1OC(OP(=O)(CP(=O)(O)OCc2ccccc2)OCc2ccccc2)C(OC(C)=O)[C@@H](C)[C@@H]1C. The van der Waals surface area contributed by atoms with Crippen LogP contribution in [0.2, 0.25) is 0 Å². The standard InChI is InChI=1S/C30H40O13P2/c1-20-21(2)29(41-24(5)33)30(42-28(20)27(40-23(4)32)18-37-22(3)31)43-45(36,39-17-26-14-10-7-11-15-26)19-44(34,35)38-16-25-12-8-6-9-13-25/h6-15,20-21,27-30H,16-19H2,1-5H3,(H,34,35)/t20-,21-,27+,28?,29?,30?,45?/m0/s1. The number of benzene rings is 2. The number of esters is 3. The van der Waals surface area contributed by atoms with E-state index in [1.54, 1.807) is 74.5 Å². The van der Waals surface area contributed by atoms with Gasteiger partial charge in [-0.05, 0) is 17.0 Å². The molecule has 15 heteroatoms. The molecule has 0 spiro atoms. The summed E-state index contributed by atoms with van der Waals surface area (Å²) in [5, 5.41) is 0. The molecule has 0 bridgehead atoms. The van der Waals surface area contributed by atoms with E-state index in [2.05, 4.69) is 0 Å². The van der Waals surface area contributed by atoms with Gasteiger partial charge in [0.25, 0.3) is 0 Å². The average Bonchev–Trinajstić information content (AvgIpc) is 2.97. The lowest BCUT2D eigenvalue weighted by atomic mass is 9.81. The van der Waals surface area contributed by atoms with Gasteiger partial charge in [-0.15, -0.1) is 0 Å². The largest absolute Gasteiger partial charge is 0.462 e. The Bertz CT molecular complexity index is 1370. The summed E-state index contributed by atoms with van der Waals surface area (Å²) >= 11 is 0. The van der Waals surface area contributed by atoms with Crippen LogP contribution in [0.5, 0.6) is 0 Å². The third kappa shape index (κ3) is 11.8. The maximum atomic E-state index is 14.3. The van der Waals surface area contributed by atoms with Crippen molar-refractivity contribution in [3.63, 3.8) is 0 Å². The topological polar surface area (TPSA) is 170 Å². The van der Waals surface area contributed by atoms with Crippen molar-refractivity contribution in [2.45, 2.75) is 72.4 Å². The van der Waals surface area contributed by atoms with Crippen molar-refractivity contribution in [1.29, 1.82) is 0 Å². The number of hydrogen-bond acceptors (Lipinski definition) is 12. The quantitative estimate of drug-likeness (QED) is 0.149. The third-order valence-electron chi connectivity index (χ3n) is 7.02. The predicted molar refractivity (Wildman–Crippen MR) is 161 cm³/mol. The van der Waals surface area contributed by atoms with Crippen LogP contribution in [0.25, 0.3) is 0 Å². The Morgan fingerprint density at radius 1 is 0.822 bits per heavy atom. The Kier molecular flexibility index (Phi) is 13.5. The highest BCUT2D eigenvalue weighted by Crippen LogP contribution is 2.63. The summed E-state index contributed by atoms with van der Waals surface area (Å²) in [4.78, 5) is 46.4. The maximum Gasteiger partial charge on any atom is 0.345 e. The van der Waals surface area contributed by atoms with Gasteiger partial charge < -0.3 is 32.9 Å². The molecule has 0 aliphatic carbocycles. The Morgan fingerprint density at radius 3 is 1.89 bits per heavy atom. The van der Waals surface area contributed by atoms with Gasteiger partial charge in [0.1, 0.15) is 12.7 Å². The zero-order valence-electron chi connectivity index (χ0n) is 25.8. The molecule has 1 heterocycles. The molecule has 1 aliphatic heterocycles. The zero-order valence-corrected chi connectivity index (χ0v) is 27.6. The van der Waals surface area contributed by atoms with Crippen molar-refractivity contribution in [3.05, 3.63) is 71.8 Å². The fraction of sp³-hybridized carbons (Fsp3) is 0.500. The summed E-state index contributed by atoms with van der Waals surface area (Å²) in [6, 6.07) is 17.3. The van der Waals surface area contributed by atoms with E-state index in [4.69, 9.17) is 32.5 Å². The first-order valence-electron chi connectivity index (χ1n) is 14.3. The lowest BCUT2D eigenvalue weighted by Crippen LogP contribution is -2.56. The first-order chi connectivity index (χ1) is 21.2. The van der Waals surface area contributed by atoms with Gasteiger partial charge in [-0.25, -0.2) is 0 Å². The Morgan fingerprint density at radius 2 is 1.38 bits per heavy atom. The van der Waals surface area contributed by atoms with Crippen LogP contribution in [0.15, 0.2) is 60.7 Å². The molecule has 0 amide bonds. The highest BCUT2D eigenvalue weighted by atomic mass is 31.2. The molecule has 1 saturated heterocycles. The second-order valence-electron chi connectivity index (χ2n) is 10.7. The van der Waals surface area contributed by atoms with Crippen LogP contribution in [-0.2, 0) is 69.2 Å². The minimum absolute atomic E-state index is 0.250. The third-order valence-corrected chi connectivity index (χ3v) is 11.4. The summed E-state index contributed by atoms with van der Waals surface area (Å²) < 4.78 is 66.6. The Labute approximate surface area is 262 Å². The van der Waals surface area contributed by atoms with E-state index < -0.39 is 75.4 Å². The average molecular weight is 671 g/mol. The monoisotopic (exact) mass is 670 g/mol. The molecule has 1 fully saturated rings.